The molecule has 2 saturated heterocycles. The molecule has 0 saturated carbocycles. The second kappa shape index (κ2) is 6.98. The van der Waals surface area contributed by atoms with E-state index >= 15 is 0 Å². The Morgan fingerprint density at radius 3 is 2.50 bits per heavy atom. The van der Waals surface area contributed by atoms with Crippen molar-refractivity contribution in [3.05, 3.63) is 11.4 Å². The Morgan fingerprint density at radius 2 is 1.85 bits per heavy atom. The fraction of sp³-hybridized carbons (Fsp3) is 0.778. The number of carbonyl (C=O) groups is 2. The van der Waals surface area contributed by atoms with Gasteiger partial charge in [0.1, 0.15) is 0 Å². The number of rotatable bonds is 3. The molecule has 142 valence electrons. The van der Waals surface area contributed by atoms with Crippen LogP contribution in [0.1, 0.15) is 60.5 Å². The van der Waals surface area contributed by atoms with Crippen molar-refractivity contribution in [1.29, 1.82) is 0 Å². The van der Waals surface area contributed by atoms with Crippen molar-refractivity contribution in [1.82, 2.24) is 30.1 Å². The number of hydrogen-bond acceptors (Lipinski definition) is 5. The van der Waals surface area contributed by atoms with Crippen molar-refractivity contribution in [2.24, 2.45) is 5.92 Å². The van der Waals surface area contributed by atoms with E-state index in [4.69, 9.17) is 0 Å². The smallest absolute Gasteiger partial charge is 0.276 e. The van der Waals surface area contributed by atoms with Gasteiger partial charge in [-0.1, -0.05) is 19.1 Å². The third kappa shape index (κ3) is 3.11. The summed E-state index contributed by atoms with van der Waals surface area (Å²) in [5.41, 5.74) is 0.512. The molecule has 8 nitrogen and oxygen atoms in total. The minimum Gasteiger partial charge on any atom is -0.346 e. The van der Waals surface area contributed by atoms with E-state index in [1.54, 1.807) is 4.68 Å². The van der Waals surface area contributed by atoms with Gasteiger partial charge >= 0.3 is 0 Å². The maximum atomic E-state index is 12.9. The van der Waals surface area contributed by atoms with Gasteiger partial charge in [-0.15, -0.1) is 5.10 Å². The highest BCUT2D eigenvalue weighted by Crippen LogP contribution is 2.23. The number of piperidine rings is 1. The lowest BCUT2D eigenvalue weighted by Crippen LogP contribution is -2.49. The van der Waals surface area contributed by atoms with E-state index in [1.165, 1.54) is 25.9 Å². The van der Waals surface area contributed by atoms with E-state index in [0.29, 0.717) is 24.2 Å². The molecule has 1 atom stereocenters. The van der Waals surface area contributed by atoms with Crippen LogP contribution < -0.4 is 5.32 Å². The molecule has 3 aliphatic rings. The average molecular weight is 360 g/mol. The van der Waals surface area contributed by atoms with Gasteiger partial charge in [0.15, 0.2) is 11.4 Å². The molecular weight excluding hydrogens is 332 g/mol. The van der Waals surface area contributed by atoms with Gasteiger partial charge in [0.2, 0.25) is 0 Å². The van der Waals surface area contributed by atoms with Crippen LogP contribution in [0.5, 0.6) is 0 Å². The first-order valence-electron chi connectivity index (χ1n) is 9.82. The Hall–Kier alpha value is -1.96. The summed E-state index contributed by atoms with van der Waals surface area (Å²) < 4.78 is 1.59. The summed E-state index contributed by atoms with van der Waals surface area (Å²) in [6.45, 7) is 8.51. The van der Waals surface area contributed by atoms with Gasteiger partial charge in [-0.25, -0.2) is 4.68 Å². The zero-order valence-corrected chi connectivity index (χ0v) is 15.6. The van der Waals surface area contributed by atoms with E-state index in [2.05, 4.69) is 34.4 Å². The second-order valence-electron chi connectivity index (χ2n) is 8.06. The Kier molecular flexibility index (Phi) is 4.69. The van der Waals surface area contributed by atoms with Crippen LogP contribution in [-0.4, -0.2) is 74.9 Å². The molecule has 3 aliphatic heterocycles. The Balaban J connectivity index is 1.44. The Morgan fingerprint density at radius 1 is 1.15 bits per heavy atom. The van der Waals surface area contributed by atoms with Gasteiger partial charge < -0.3 is 15.1 Å². The fourth-order valence-electron chi connectivity index (χ4n) is 4.35. The van der Waals surface area contributed by atoms with Crippen molar-refractivity contribution in [3.8, 4) is 0 Å². The van der Waals surface area contributed by atoms with Crippen molar-refractivity contribution in [2.75, 3.05) is 26.2 Å². The van der Waals surface area contributed by atoms with Gasteiger partial charge in [-0.2, -0.15) is 0 Å². The molecule has 0 aliphatic carbocycles. The number of nitrogens with one attached hydrogen (secondary N) is 1. The molecule has 0 radical (unpaired) electrons. The zero-order chi connectivity index (χ0) is 18.3. The lowest BCUT2D eigenvalue weighted by Gasteiger charge is -2.36. The molecule has 0 bridgehead atoms. The normalized spacial score (nSPS) is 24.8. The quantitative estimate of drug-likeness (QED) is 0.860. The zero-order valence-electron chi connectivity index (χ0n) is 15.6. The number of aromatic nitrogens is 3. The van der Waals surface area contributed by atoms with Crippen LogP contribution in [0.25, 0.3) is 0 Å². The molecule has 8 heteroatoms. The summed E-state index contributed by atoms with van der Waals surface area (Å²) in [4.78, 5) is 29.8. The number of amides is 2. The second-order valence-corrected chi connectivity index (χ2v) is 8.06. The van der Waals surface area contributed by atoms with Crippen LogP contribution in [0.15, 0.2) is 0 Å². The summed E-state index contributed by atoms with van der Waals surface area (Å²) in [6, 6.07) is 0.613. The van der Waals surface area contributed by atoms with Crippen LogP contribution in [0.4, 0.5) is 0 Å². The highest BCUT2D eigenvalue weighted by molar-refractivity contribution is 6.05. The molecule has 0 spiro atoms. The van der Waals surface area contributed by atoms with Gasteiger partial charge in [0, 0.05) is 19.1 Å². The summed E-state index contributed by atoms with van der Waals surface area (Å²) in [5, 5.41) is 11.1. The van der Waals surface area contributed by atoms with Crippen LogP contribution in [-0.2, 0) is 6.54 Å². The summed E-state index contributed by atoms with van der Waals surface area (Å²) >= 11 is 0. The summed E-state index contributed by atoms with van der Waals surface area (Å²) in [7, 11) is 0. The van der Waals surface area contributed by atoms with Crippen LogP contribution in [0.2, 0.25) is 0 Å². The predicted molar refractivity (Wildman–Crippen MR) is 95.8 cm³/mol. The number of likely N-dealkylation sites (tertiary alicyclic amines) is 2. The summed E-state index contributed by atoms with van der Waals surface area (Å²) in [5.74, 6) is -0.0976. The lowest BCUT2D eigenvalue weighted by molar-refractivity contribution is 0.0632. The highest BCUT2D eigenvalue weighted by atomic mass is 16.2. The molecule has 4 heterocycles. The largest absolute Gasteiger partial charge is 0.346 e. The van der Waals surface area contributed by atoms with Crippen molar-refractivity contribution in [2.45, 2.75) is 58.2 Å². The molecule has 26 heavy (non-hydrogen) atoms. The van der Waals surface area contributed by atoms with Crippen molar-refractivity contribution in [3.63, 3.8) is 0 Å². The van der Waals surface area contributed by atoms with Crippen LogP contribution in [0, 0.1) is 5.92 Å². The number of carbonyl (C=O) groups excluding carboxylic acids is 2. The third-order valence-corrected chi connectivity index (χ3v) is 6.05. The maximum Gasteiger partial charge on any atom is 0.276 e. The molecule has 0 unspecified atom stereocenters. The van der Waals surface area contributed by atoms with Crippen LogP contribution >= 0.6 is 0 Å². The minimum atomic E-state index is -0.241. The van der Waals surface area contributed by atoms with Gasteiger partial charge in [-0.3, -0.25) is 9.59 Å². The van der Waals surface area contributed by atoms with E-state index < -0.39 is 0 Å². The molecule has 1 aromatic heterocycles. The molecule has 2 amide bonds. The van der Waals surface area contributed by atoms with Gasteiger partial charge in [0.25, 0.3) is 11.8 Å². The van der Waals surface area contributed by atoms with E-state index in [-0.39, 0.29) is 23.6 Å². The number of hydrogen-bond donors (Lipinski definition) is 1. The third-order valence-electron chi connectivity index (χ3n) is 6.05. The highest BCUT2D eigenvalue weighted by Gasteiger charge is 2.36. The molecule has 0 aromatic carbocycles. The monoisotopic (exact) mass is 360 g/mol. The van der Waals surface area contributed by atoms with E-state index in [1.807, 2.05) is 4.90 Å². The number of nitrogens with zero attached hydrogens (tertiary/aromatic N) is 5. The Labute approximate surface area is 153 Å². The molecular formula is C18H28N6O2. The number of fused-ring (bicyclic) bond motifs is 1. The van der Waals surface area contributed by atoms with E-state index in [9.17, 15) is 9.59 Å². The first-order chi connectivity index (χ1) is 12.5. The maximum absolute atomic E-state index is 12.9. The van der Waals surface area contributed by atoms with Crippen molar-refractivity contribution >= 4 is 11.8 Å². The van der Waals surface area contributed by atoms with E-state index in [0.717, 1.165) is 25.9 Å². The minimum absolute atomic E-state index is 0.0239. The summed E-state index contributed by atoms with van der Waals surface area (Å²) in [6.07, 6.45) is 4.57. The molecule has 2 fully saturated rings. The Bertz CT molecular complexity index is 686. The van der Waals surface area contributed by atoms with Crippen molar-refractivity contribution < 1.29 is 9.59 Å². The lowest BCUT2D eigenvalue weighted by atomic mass is 10.0. The average Bonchev–Trinajstić information content (AvgIpc) is 3.31. The molecule has 4 rings (SSSR count). The van der Waals surface area contributed by atoms with Crippen LogP contribution in [0.3, 0.4) is 0 Å². The standard InChI is InChI=1S/C18H28N6O2/c1-12(2)14-11-24-16(17(25)19-14)15(20-21-24)18(26)23-9-5-13(6-10-23)22-7-3-4-8-22/h12-14H,3-11H2,1-2H3,(H,19,25)/t14-/m1/s1. The molecule has 1 aromatic rings. The van der Waals surface area contributed by atoms with Gasteiger partial charge in [0.05, 0.1) is 12.6 Å². The van der Waals surface area contributed by atoms with Gasteiger partial charge in [-0.05, 0) is 44.7 Å². The SMILES string of the molecule is CC(C)[C@H]1Cn2nnc(C(=O)N3CCC(N4CCCC4)CC3)c2C(=O)N1. The predicted octanol–water partition coefficient (Wildman–Crippen LogP) is 0.747. The first kappa shape index (κ1) is 17.5. The fourth-order valence-corrected chi connectivity index (χ4v) is 4.35. The first-order valence-corrected chi connectivity index (χ1v) is 9.82. The topological polar surface area (TPSA) is 83.4 Å². The molecule has 1 N–H and O–H groups in total.